The van der Waals surface area contributed by atoms with E-state index in [2.05, 4.69) is 19.2 Å². The first-order valence-corrected chi connectivity index (χ1v) is 8.29. The van der Waals surface area contributed by atoms with E-state index in [0.717, 1.165) is 19.5 Å². The van der Waals surface area contributed by atoms with Gasteiger partial charge in [-0.1, -0.05) is 27.7 Å². The largest absolute Gasteiger partial charge is 0.444 e. The van der Waals surface area contributed by atoms with Crippen molar-refractivity contribution in [1.82, 2.24) is 10.2 Å². The van der Waals surface area contributed by atoms with Gasteiger partial charge in [-0.05, 0) is 44.9 Å². The van der Waals surface area contributed by atoms with Crippen LogP contribution in [0, 0.1) is 17.8 Å². The predicted molar refractivity (Wildman–Crippen MR) is 87.5 cm³/mol. The van der Waals surface area contributed by atoms with Crippen LogP contribution in [0.4, 0.5) is 4.79 Å². The predicted octanol–water partition coefficient (Wildman–Crippen LogP) is 3.04. The summed E-state index contributed by atoms with van der Waals surface area (Å²) in [4.78, 5) is 26.6. The summed E-state index contributed by atoms with van der Waals surface area (Å²) in [5, 5.41) is 2.74. The van der Waals surface area contributed by atoms with Gasteiger partial charge in [0.1, 0.15) is 11.6 Å². The fourth-order valence-electron chi connectivity index (χ4n) is 2.61. The van der Waals surface area contributed by atoms with Gasteiger partial charge in [0.25, 0.3) is 0 Å². The van der Waals surface area contributed by atoms with E-state index in [-0.39, 0.29) is 11.8 Å². The van der Waals surface area contributed by atoms with Gasteiger partial charge in [-0.15, -0.1) is 0 Å². The van der Waals surface area contributed by atoms with Gasteiger partial charge in [-0.3, -0.25) is 4.79 Å². The number of rotatable bonds is 3. The first kappa shape index (κ1) is 18.8. The van der Waals surface area contributed by atoms with E-state index in [4.69, 9.17) is 4.74 Å². The Balaban J connectivity index is 2.70. The summed E-state index contributed by atoms with van der Waals surface area (Å²) in [7, 11) is 0. The standard InChI is InChI=1S/C17H32N2O3/c1-11(2)14(18-16(21)22-17(5,6)7)15(20)19-9-8-12(3)13(4)10-19/h11-14H,8-10H2,1-7H3,(H,18,21)/t12-,13+,14+/m1/s1. The van der Waals surface area contributed by atoms with Crippen LogP contribution in [-0.4, -0.2) is 41.6 Å². The average molecular weight is 312 g/mol. The van der Waals surface area contributed by atoms with Gasteiger partial charge in [-0.25, -0.2) is 4.79 Å². The van der Waals surface area contributed by atoms with Crippen LogP contribution < -0.4 is 5.32 Å². The molecule has 0 aromatic heterocycles. The number of hydrogen-bond donors (Lipinski definition) is 1. The molecule has 1 N–H and O–H groups in total. The zero-order valence-electron chi connectivity index (χ0n) is 15.1. The second-order valence-electron chi connectivity index (χ2n) is 7.90. The first-order valence-electron chi connectivity index (χ1n) is 8.29. The smallest absolute Gasteiger partial charge is 0.408 e. The molecule has 0 aliphatic carbocycles. The van der Waals surface area contributed by atoms with Gasteiger partial charge in [0.15, 0.2) is 0 Å². The number of carbonyl (C=O) groups is 2. The third-order valence-electron chi connectivity index (χ3n) is 4.25. The molecule has 5 heteroatoms. The van der Waals surface area contributed by atoms with Crippen molar-refractivity contribution in [2.75, 3.05) is 13.1 Å². The third-order valence-corrected chi connectivity index (χ3v) is 4.25. The van der Waals surface area contributed by atoms with Gasteiger partial charge >= 0.3 is 6.09 Å². The van der Waals surface area contributed by atoms with E-state index >= 15 is 0 Å². The molecule has 1 aliphatic rings. The van der Waals surface area contributed by atoms with Crippen molar-refractivity contribution in [3.8, 4) is 0 Å². The van der Waals surface area contributed by atoms with Gasteiger partial charge in [0, 0.05) is 13.1 Å². The zero-order valence-corrected chi connectivity index (χ0v) is 15.1. The second kappa shape index (κ2) is 7.34. The minimum Gasteiger partial charge on any atom is -0.444 e. The van der Waals surface area contributed by atoms with Gasteiger partial charge < -0.3 is 15.0 Å². The number of alkyl carbamates (subject to hydrolysis) is 1. The molecule has 128 valence electrons. The lowest BCUT2D eigenvalue weighted by atomic mass is 9.88. The summed E-state index contributed by atoms with van der Waals surface area (Å²) in [5.74, 6) is 1.15. The minimum absolute atomic E-state index is 0.000362. The molecule has 0 aromatic carbocycles. The maximum Gasteiger partial charge on any atom is 0.408 e. The summed E-state index contributed by atoms with van der Waals surface area (Å²) in [6.07, 6.45) is 0.488. The summed E-state index contributed by atoms with van der Waals surface area (Å²) in [6.45, 7) is 15.3. The molecule has 5 nitrogen and oxygen atoms in total. The van der Waals surface area contributed by atoms with E-state index in [1.165, 1.54) is 0 Å². The number of nitrogens with zero attached hydrogens (tertiary/aromatic N) is 1. The molecule has 0 radical (unpaired) electrons. The lowest BCUT2D eigenvalue weighted by Crippen LogP contribution is -2.54. The molecule has 1 saturated heterocycles. The van der Waals surface area contributed by atoms with E-state index in [0.29, 0.717) is 11.8 Å². The molecule has 1 rings (SSSR count). The van der Waals surface area contributed by atoms with Crippen molar-refractivity contribution < 1.29 is 14.3 Å². The number of likely N-dealkylation sites (tertiary alicyclic amines) is 1. The van der Waals surface area contributed by atoms with Gasteiger partial charge in [0.05, 0.1) is 0 Å². The molecule has 2 amide bonds. The van der Waals surface area contributed by atoms with Crippen LogP contribution in [0.3, 0.4) is 0 Å². The summed E-state index contributed by atoms with van der Waals surface area (Å²) in [6, 6.07) is -0.532. The normalized spacial score (nSPS) is 24.1. The Hall–Kier alpha value is -1.26. The molecule has 1 aliphatic heterocycles. The lowest BCUT2D eigenvalue weighted by molar-refractivity contribution is -0.137. The molecule has 1 heterocycles. The SMILES string of the molecule is CC(C)[C@H](NC(=O)OC(C)(C)C)C(=O)N1CC[C@@H](C)[C@@H](C)C1. The Morgan fingerprint density at radius 3 is 2.23 bits per heavy atom. The van der Waals surface area contributed by atoms with Crippen LogP contribution in [0.2, 0.25) is 0 Å². The van der Waals surface area contributed by atoms with Crippen molar-refractivity contribution in [2.24, 2.45) is 17.8 Å². The van der Waals surface area contributed by atoms with Crippen molar-refractivity contribution in [1.29, 1.82) is 0 Å². The zero-order chi connectivity index (χ0) is 17.1. The maximum absolute atomic E-state index is 12.7. The summed E-state index contributed by atoms with van der Waals surface area (Å²) >= 11 is 0. The molecule has 3 atom stereocenters. The molecule has 0 saturated carbocycles. The number of nitrogens with one attached hydrogen (secondary N) is 1. The number of carbonyl (C=O) groups excluding carboxylic acids is 2. The highest BCUT2D eigenvalue weighted by atomic mass is 16.6. The van der Waals surface area contributed by atoms with Crippen molar-refractivity contribution in [2.45, 2.75) is 66.5 Å². The van der Waals surface area contributed by atoms with E-state index < -0.39 is 17.7 Å². The van der Waals surface area contributed by atoms with Crippen LogP contribution in [0.1, 0.15) is 54.9 Å². The molecular formula is C17H32N2O3. The fourth-order valence-corrected chi connectivity index (χ4v) is 2.61. The molecule has 0 aromatic rings. The average Bonchev–Trinajstić information content (AvgIpc) is 2.36. The molecule has 0 bridgehead atoms. The molecule has 0 spiro atoms. The monoisotopic (exact) mass is 312 g/mol. The van der Waals surface area contributed by atoms with Gasteiger partial charge in [-0.2, -0.15) is 0 Å². The Bertz CT molecular complexity index is 401. The van der Waals surface area contributed by atoms with Crippen LogP contribution in [0.25, 0.3) is 0 Å². The third kappa shape index (κ3) is 5.50. The molecule has 0 unspecified atom stereocenters. The highest BCUT2D eigenvalue weighted by molar-refractivity contribution is 5.86. The highest BCUT2D eigenvalue weighted by Gasteiger charge is 2.33. The Kier molecular flexibility index (Phi) is 6.27. The maximum atomic E-state index is 12.7. The highest BCUT2D eigenvalue weighted by Crippen LogP contribution is 2.23. The lowest BCUT2D eigenvalue weighted by Gasteiger charge is -2.38. The number of ether oxygens (including phenoxy) is 1. The summed E-state index contributed by atoms with van der Waals surface area (Å²) in [5.41, 5.74) is -0.566. The number of hydrogen-bond acceptors (Lipinski definition) is 3. The van der Waals surface area contributed by atoms with Crippen LogP contribution in [-0.2, 0) is 9.53 Å². The Labute approximate surface area is 134 Å². The topological polar surface area (TPSA) is 58.6 Å². The van der Waals surface area contributed by atoms with Crippen molar-refractivity contribution in [3.05, 3.63) is 0 Å². The van der Waals surface area contributed by atoms with Gasteiger partial charge in [0.2, 0.25) is 5.91 Å². The second-order valence-corrected chi connectivity index (χ2v) is 7.90. The summed E-state index contributed by atoms with van der Waals surface area (Å²) < 4.78 is 5.27. The van der Waals surface area contributed by atoms with Crippen LogP contribution in [0.5, 0.6) is 0 Å². The molecule has 22 heavy (non-hydrogen) atoms. The fraction of sp³-hybridized carbons (Fsp3) is 0.882. The first-order chi connectivity index (χ1) is 10.0. The van der Waals surface area contributed by atoms with Crippen LogP contribution >= 0.6 is 0 Å². The molecular weight excluding hydrogens is 280 g/mol. The van der Waals surface area contributed by atoms with E-state index in [1.807, 2.05) is 39.5 Å². The van der Waals surface area contributed by atoms with E-state index in [1.54, 1.807) is 0 Å². The van der Waals surface area contributed by atoms with Crippen molar-refractivity contribution >= 4 is 12.0 Å². The molecule has 1 fully saturated rings. The minimum atomic E-state index is -0.566. The van der Waals surface area contributed by atoms with Crippen LogP contribution in [0.15, 0.2) is 0 Å². The number of piperidine rings is 1. The Morgan fingerprint density at radius 1 is 1.18 bits per heavy atom. The Morgan fingerprint density at radius 2 is 1.77 bits per heavy atom. The number of amides is 2. The quantitative estimate of drug-likeness (QED) is 0.871. The van der Waals surface area contributed by atoms with E-state index in [9.17, 15) is 9.59 Å². The van der Waals surface area contributed by atoms with Crippen molar-refractivity contribution in [3.63, 3.8) is 0 Å².